The highest BCUT2D eigenvalue weighted by Crippen LogP contribution is 2.23. The van der Waals surface area contributed by atoms with Crippen molar-refractivity contribution in [1.82, 2.24) is 0 Å². The molecule has 6 heteroatoms. The number of nitrogens with zero attached hydrogens (tertiary/aromatic N) is 1. The van der Waals surface area contributed by atoms with Crippen molar-refractivity contribution in [3.63, 3.8) is 0 Å². The van der Waals surface area contributed by atoms with E-state index in [0.717, 1.165) is 5.56 Å². The molecule has 1 aliphatic rings. The van der Waals surface area contributed by atoms with Gasteiger partial charge in [0.2, 0.25) is 5.90 Å². The van der Waals surface area contributed by atoms with E-state index >= 15 is 0 Å². The van der Waals surface area contributed by atoms with Gasteiger partial charge in [0.05, 0.1) is 0 Å². The SMILES string of the molecule is O=C1OC(C=Cc2ccc(Cl)cc2Cl)=NC1=Cc1ccc(F)cc1. The van der Waals surface area contributed by atoms with Crippen molar-refractivity contribution < 1.29 is 13.9 Å². The number of carbonyl (C=O) groups is 1. The van der Waals surface area contributed by atoms with E-state index in [9.17, 15) is 9.18 Å². The zero-order valence-corrected chi connectivity index (χ0v) is 13.7. The van der Waals surface area contributed by atoms with Crippen LogP contribution in [-0.4, -0.2) is 11.9 Å². The highest BCUT2D eigenvalue weighted by molar-refractivity contribution is 6.35. The molecular formula is C18H10Cl2FNO2. The number of aliphatic imine (C=N–C) groups is 1. The Morgan fingerprint density at radius 3 is 2.50 bits per heavy atom. The highest BCUT2D eigenvalue weighted by atomic mass is 35.5. The third-order valence-electron chi connectivity index (χ3n) is 3.18. The summed E-state index contributed by atoms with van der Waals surface area (Å²) >= 11 is 11.9. The van der Waals surface area contributed by atoms with Crippen molar-refractivity contribution in [3.8, 4) is 0 Å². The average Bonchev–Trinajstić information content (AvgIpc) is 2.89. The summed E-state index contributed by atoms with van der Waals surface area (Å²) in [5.41, 5.74) is 1.51. The summed E-state index contributed by atoms with van der Waals surface area (Å²) in [4.78, 5) is 15.9. The summed E-state index contributed by atoms with van der Waals surface area (Å²) in [6.07, 6.45) is 4.74. The van der Waals surface area contributed by atoms with E-state index in [-0.39, 0.29) is 17.4 Å². The molecule has 0 unspecified atom stereocenters. The van der Waals surface area contributed by atoms with Crippen LogP contribution in [0.3, 0.4) is 0 Å². The van der Waals surface area contributed by atoms with Gasteiger partial charge >= 0.3 is 5.97 Å². The first-order valence-corrected chi connectivity index (χ1v) is 7.68. The van der Waals surface area contributed by atoms with Crippen LogP contribution >= 0.6 is 23.2 Å². The first-order chi connectivity index (χ1) is 11.5. The van der Waals surface area contributed by atoms with Crippen LogP contribution in [0.15, 0.2) is 59.2 Å². The molecule has 0 saturated carbocycles. The minimum atomic E-state index is -0.568. The van der Waals surface area contributed by atoms with Gasteiger partial charge < -0.3 is 4.74 Å². The molecule has 24 heavy (non-hydrogen) atoms. The van der Waals surface area contributed by atoms with Crippen LogP contribution in [0.5, 0.6) is 0 Å². The number of benzene rings is 2. The van der Waals surface area contributed by atoms with E-state index < -0.39 is 5.97 Å². The monoisotopic (exact) mass is 361 g/mol. The van der Waals surface area contributed by atoms with E-state index in [2.05, 4.69) is 4.99 Å². The van der Waals surface area contributed by atoms with Crippen LogP contribution in [0.1, 0.15) is 11.1 Å². The number of carbonyl (C=O) groups excluding carboxylic acids is 1. The second-order valence-electron chi connectivity index (χ2n) is 4.92. The van der Waals surface area contributed by atoms with Crippen molar-refractivity contribution in [1.29, 1.82) is 0 Å². The van der Waals surface area contributed by atoms with E-state index in [1.165, 1.54) is 18.2 Å². The zero-order chi connectivity index (χ0) is 17.1. The van der Waals surface area contributed by atoms with Crippen molar-refractivity contribution in [2.75, 3.05) is 0 Å². The van der Waals surface area contributed by atoms with Gasteiger partial charge in [-0.15, -0.1) is 0 Å². The normalized spacial score (nSPS) is 15.9. The van der Waals surface area contributed by atoms with Gasteiger partial charge in [-0.2, -0.15) is 0 Å². The molecule has 120 valence electrons. The first-order valence-electron chi connectivity index (χ1n) is 6.92. The van der Waals surface area contributed by atoms with Gasteiger partial charge in [-0.25, -0.2) is 14.2 Å². The molecule has 0 aliphatic carbocycles. The number of hydrogen-bond donors (Lipinski definition) is 0. The van der Waals surface area contributed by atoms with E-state index in [4.69, 9.17) is 27.9 Å². The lowest BCUT2D eigenvalue weighted by Gasteiger charge is -1.98. The zero-order valence-electron chi connectivity index (χ0n) is 12.2. The lowest BCUT2D eigenvalue weighted by Crippen LogP contribution is -2.01. The number of hydrogen-bond acceptors (Lipinski definition) is 3. The van der Waals surface area contributed by atoms with Crippen LogP contribution in [0.4, 0.5) is 4.39 Å². The van der Waals surface area contributed by atoms with Crippen LogP contribution in [0.25, 0.3) is 12.2 Å². The maximum atomic E-state index is 12.9. The Labute approximate surface area is 147 Å². The van der Waals surface area contributed by atoms with Crippen LogP contribution in [-0.2, 0) is 9.53 Å². The maximum Gasteiger partial charge on any atom is 0.363 e. The lowest BCUT2D eigenvalue weighted by atomic mass is 10.2. The number of ether oxygens (including phenoxy) is 1. The smallest absolute Gasteiger partial charge is 0.363 e. The standard InChI is InChI=1S/C18H10Cl2FNO2/c19-13-5-3-12(15(20)10-13)4-8-17-22-16(18(23)24-17)9-11-1-6-14(21)7-2-11/h1-10H. The molecule has 3 nitrogen and oxygen atoms in total. The Kier molecular flexibility index (Phi) is 4.79. The molecular weight excluding hydrogens is 352 g/mol. The van der Waals surface area contributed by atoms with E-state index in [1.807, 2.05) is 0 Å². The highest BCUT2D eigenvalue weighted by Gasteiger charge is 2.21. The Balaban J connectivity index is 1.81. The topological polar surface area (TPSA) is 38.7 Å². The third-order valence-corrected chi connectivity index (χ3v) is 3.74. The minimum absolute atomic E-state index is 0.142. The largest absolute Gasteiger partial charge is 0.403 e. The fourth-order valence-corrected chi connectivity index (χ4v) is 2.48. The maximum absolute atomic E-state index is 12.9. The second kappa shape index (κ2) is 6.99. The number of halogens is 3. The Hall–Kier alpha value is -2.43. The summed E-state index contributed by atoms with van der Waals surface area (Å²) < 4.78 is 18.0. The van der Waals surface area contributed by atoms with Gasteiger partial charge in [0.1, 0.15) is 5.82 Å². The molecule has 2 aromatic carbocycles. The third kappa shape index (κ3) is 3.91. The van der Waals surface area contributed by atoms with Crippen LogP contribution in [0, 0.1) is 5.82 Å². The van der Waals surface area contributed by atoms with Crippen molar-refractivity contribution in [2.45, 2.75) is 0 Å². The number of rotatable bonds is 3. The molecule has 0 aromatic heterocycles. The molecule has 0 fully saturated rings. The summed E-state index contributed by atoms with van der Waals surface area (Å²) in [6, 6.07) is 10.8. The molecule has 1 heterocycles. The molecule has 0 spiro atoms. The summed E-state index contributed by atoms with van der Waals surface area (Å²) in [5.74, 6) is -0.765. The fourth-order valence-electron chi connectivity index (χ4n) is 2.01. The fraction of sp³-hybridized carbons (Fsp3) is 0. The molecule has 3 rings (SSSR count). The van der Waals surface area contributed by atoms with Gasteiger partial charge in [-0.1, -0.05) is 41.4 Å². The number of esters is 1. The molecule has 0 radical (unpaired) electrons. The lowest BCUT2D eigenvalue weighted by molar-refractivity contribution is -0.129. The predicted octanol–water partition coefficient (Wildman–Crippen LogP) is 5.14. The Bertz CT molecular complexity index is 886. The summed E-state index contributed by atoms with van der Waals surface area (Å²) in [6.45, 7) is 0. The van der Waals surface area contributed by atoms with E-state index in [1.54, 1.807) is 42.5 Å². The van der Waals surface area contributed by atoms with Crippen molar-refractivity contribution in [2.24, 2.45) is 4.99 Å². The molecule has 0 N–H and O–H groups in total. The summed E-state index contributed by atoms with van der Waals surface area (Å²) in [5, 5.41) is 1.01. The van der Waals surface area contributed by atoms with Crippen molar-refractivity contribution in [3.05, 3.63) is 81.2 Å². The Morgan fingerprint density at radius 1 is 1.04 bits per heavy atom. The first kappa shape index (κ1) is 16.4. The van der Waals surface area contributed by atoms with Gasteiger partial charge in [0.15, 0.2) is 5.70 Å². The van der Waals surface area contributed by atoms with Crippen LogP contribution < -0.4 is 0 Å². The molecule has 0 saturated heterocycles. The average molecular weight is 362 g/mol. The van der Waals surface area contributed by atoms with Crippen molar-refractivity contribution >= 4 is 47.2 Å². The molecule has 2 aromatic rings. The second-order valence-corrected chi connectivity index (χ2v) is 5.76. The quantitative estimate of drug-likeness (QED) is 0.560. The van der Waals surface area contributed by atoms with E-state index in [0.29, 0.717) is 15.6 Å². The molecule has 0 bridgehead atoms. The Morgan fingerprint density at radius 2 is 1.79 bits per heavy atom. The van der Waals surface area contributed by atoms with Gasteiger partial charge in [-0.3, -0.25) is 0 Å². The minimum Gasteiger partial charge on any atom is -0.403 e. The molecule has 0 amide bonds. The van der Waals surface area contributed by atoms with Gasteiger partial charge in [-0.05, 0) is 47.5 Å². The molecule has 0 atom stereocenters. The van der Waals surface area contributed by atoms with Gasteiger partial charge in [0.25, 0.3) is 0 Å². The summed E-state index contributed by atoms with van der Waals surface area (Å²) in [7, 11) is 0. The predicted molar refractivity (Wildman–Crippen MR) is 93.4 cm³/mol. The number of cyclic esters (lactones) is 1. The molecule has 1 aliphatic heterocycles. The van der Waals surface area contributed by atoms with Gasteiger partial charge in [0, 0.05) is 16.1 Å². The van der Waals surface area contributed by atoms with Crippen LogP contribution in [0.2, 0.25) is 10.0 Å².